The highest BCUT2D eigenvalue weighted by Gasteiger charge is 2.14. The summed E-state index contributed by atoms with van der Waals surface area (Å²) in [4.78, 5) is 13.2. The van der Waals surface area contributed by atoms with Crippen LogP contribution >= 0.6 is 0 Å². The maximum absolute atomic E-state index is 4.45. The standard InChI is InChI=1S/C13H7N3/c1-2-9-10(14-4-1)6-11-12-8(7-16-11)3-5-15-13(9)12/h1-7H. The molecule has 0 bridgehead atoms. The molecule has 2 aromatic heterocycles. The lowest BCUT2D eigenvalue weighted by molar-refractivity contribution is 1.39. The summed E-state index contributed by atoms with van der Waals surface area (Å²) in [6.07, 6.45) is 5.51. The largest absolute Gasteiger partial charge is 0.256 e. The number of hydrogen-bond donors (Lipinski definition) is 0. The number of benzene rings is 1. The van der Waals surface area contributed by atoms with Gasteiger partial charge in [-0.15, -0.1) is 0 Å². The molecule has 0 saturated heterocycles. The Bertz CT molecular complexity index is 760. The molecule has 3 nitrogen and oxygen atoms in total. The van der Waals surface area contributed by atoms with Crippen LogP contribution in [0.4, 0.5) is 5.69 Å². The van der Waals surface area contributed by atoms with E-state index >= 15 is 0 Å². The van der Waals surface area contributed by atoms with E-state index in [1.165, 1.54) is 0 Å². The molecule has 0 aliphatic carbocycles. The van der Waals surface area contributed by atoms with Crippen LogP contribution in [0, 0.1) is 0 Å². The molecule has 3 aromatic rings. The van der Waals surface area contributed by atoms with Gasteiger partial charge in [-0.25, -0.2) is 0 Å². The molecule has 0 fully saturated rings. The van der Waals surface area contributed by atoms with E-state index in [0.29, 0.717) is 0 Å². The third-order valence-corrected chi connectivity index (χ3v) is 2.95. The summed E-state index contributed by atoms with van der Waals surface area (Å²) < 4.78 is 0. The van der Waals surface area contributed by atoms with E-state index in [0.717, 1.165) is 33.1 Å². The number of aliphatic imine (C=N–C) groups is 1. The summed E-state index contributed by atoms with van der Waals surface area (Å²) in [5.74, 6) is 0. The van der Waals surface area contributed by atoms with E-state index in [1.54, 1.807) is 6.20 Å². The maximum Gasteiger partial charge on any atom is 0.0824 e. The van der Waals surface area contributed by atoms with Gasteiger partial charge in [0.15, 0.2) is 0 Å². The lowest BCUT2D eigenvalue weighted by Gasteiger charge is -2.03. The predicted octanol–water partition coefficient (Wildman–Crippen LogP) is 2.85. The Morgan fingerprint density at radius 1 is 1.00 bits per heavy atom. The summed E-state index contributed by atoms with van der Waals surface area (Å²) in [6.45, 7) is 0. The van der Waals surface area contributed by atoms with Crippen molar-refractivity contribution in [3.8, 4) is 0 Å². The van der Waals surface area contributed by atoms with Crippen molar-refractivity contribution in [1.29, 1.82) is 0 Å². The van der Waals surface area contributed by atoms with E-state index in [1.807, 2.05) is 30.6 Å². The number of fused-ring (bicyclic) bond motifs is 2. The van der Waals surface area contributed by atoms with Crippen molar-refractivity contribution in [2.75, 3.05) is 0 Å². The Morgan fingerprint density at radius 3 is 3.00 bits per heavy atom. The molecule has 1 aliphatic heterocycles. The molecule has 3 heterocycles. The number of hydrogen-bond acceptors (Lipinski definition) is 3. The third kappa shape index (κ3) is 0.852. The van der Waals surface area contributed by atoms with Gasteiger partial charge in [0.1, 0.15) is 0 Å². The van der Waals surface area contributed by atoms with Gasteiger partial charge in [0.2, 0.25) is 0 Å². The Hall–Kier alpha value is -2.29. The van der Waals surface area contributed by atoms with Crippen LogP contribution in [0.15, 0.2) is 41.7 Å². The predicted molar refractivity (Wildman–Crippen MR) is 64.3 cm³/mol. The SMILES string of the molecule is C1=Nc2cc3ncccc3c3nccc1c23. The Kier molecular flexibility index (Phi) is 1.31. The monoisotopic (exact) mass is 205 g/mol. The molecule has 3 heteroatoms. The van der Waals surface area contributed by atoms with Gasteiger partial charge in [0, 0.05) is 34.9 Å². The zero-order valence-corrected chi connectivity index (χ0v) is 8.38. The lowest BCUT2D eigenvalue weighted by Crippen LogP contribution is -1.85. The van der Waals surface area contributed by atoms with E-state index in [9.17, 15) is 0 Å². The minimum atomic E-state index is 0.953. The fraction of sp³-hybridized carbons (Fsp3) is 0. The van der Waals surface area contributed by atoms with Gasteiger partial charge >= 0.3 is 0 Å². The Morgan fingerprint density at radius 2 is 2.00 bits per heavy atom. The summed E-state index contributed by atoms with van der Waals surface area (Å²) in [5, 5.41) is 2.23. The second-order valence-electron chi connectivity index (χ2n) is 3.85. The summed E-state index contributed by atoms with van der Waals surface area (Å²) in [7, 11) is 0. The van der Waals surface area contributed by atoms with Crippen LogP contribution in [0.3, 0.4) is 0 Å². The fourth-order valence-corrected chi connectivity index (χ4v) is 2.23. The van der Waals surface area contributed by atoms with Gasteiger partial charge in [0.25, 0.3) is 0 Å². The van der Waals surface area contributed by atoms with Crippen LogP contribution < -0.4 is 0 Å². The molecule has 4 rings (SSSR count). The van der Waals surface area contributed by atoms with Crippen molar-refractivity contribution < 1.29 is 0 Å². The number of nitrogens with zero attached hydrogens (tertiary/aromatic N) is 3. The summed E-state index contributed by atoms with van der Waals surface area (Å²) in [6, 6.07) is 8.00. The van der Waals surface area contributed by atoms with Crippen LogP contribution in [0.1, 0.15) is 5.56 Å². The number of aromatic nitrogens is 2. The molecule has 0 radical (unpaired) electrons. The van der Waals surface area contributed by atoms with E-state index in [2.05, 4.69) is 21.0 Å². The van der Waals surface area contributed by atoms with Crippen molar-refractivity contribution in [3.05, 3.63) is 42.2 Å². The van der Waals surface area contributed by atoms with Gasteiger partial charge in [-0.3, -0.25) is 15.0 Å². The van der Waals surface area contributed by atoms with E-state index in [-0.39, 0.29) is 0 Å². The normalized spacial score (nSPS) is 12.8. The average molecular weight is 205 g/mol. The first-order chi connectivity index (χ1) is 7.93. The van der Waals surface area contributed by atoms with Crippen molar-refractivity contribution in [3.63, 3.8) is 0 Å². The molecule has 74 valence electrons. The molecule has 0 N–H and O–H groups in total. The van der Waals surface area contributed by atoms with Gasteiger partial charge in [-0.2, -0.15) is 0 Å². The average Bonchev–Trinajstić information content (AvgIpc) is 2.75. The van der Waals surface area contributed by atoms with Crippen LogP contribution in [0.2, 0.25) is 0 Å². The van der Waals surface area contributed by atoms with Crippen LogP contribution in [-0.4, -0.2) is 16.2 Å². The minimum absolute atomic E-state index is 0.953. The van der Waals surface area contributed by atoms with Crippen molar-refractivity contribution >= 4 is 33.7 Å². The second kappa shape index (κ2) is 2.64. The van der Waals surface area contributed by atoms with Crippen LogP contribution in [0.25, 0.3) is 21.8 Å². The Labute approximate surface area is 91.5 Å². The van der Waals surface area contributed by atoms with Gasteiger partial charge in [0.05, 0.1) is 16.7 Å². The quantitative estimate of drug-likeness (QED) is 0.414. The molecule has 16 heavy (non-hydrogen) atoms. The maximum atomic E-state index is 4.45. The first kappa shape index (κ1) is 7.93. The highest BCUT2D eigenvalue weighted by atomic mass is 14.8. The highest BCUT2D eigenvalue weighted by molar-refractivity contribution is 6.18. The number of rotatable bonds is 0. The lowest BCUT2D eigenvalue weighted by atomic mass is 10.1. The molecule has 1 aromatic carbocycles. The third-order valence-electron chi connectivity index (χ3n) is 2.95. The molecule has 0 saturated carbocycles. The van der Waals surface area contributed by atoms with E-state index in [4.69, 9.17) is 0 Å². The number of pyridine rings is 2. The van der Waals surface area contributed by atoms with Crippen molar-refractivity contribution in [2.24, 2.45) is 4.99 Å². The first-order valence-electron chi connectivity index (χ1n) is 5.14. The summed E-state index contributed by atoms with van der Waals surface area (Å²) in [5.41, 5.74) is 4.07. The fourth-order valence-electron chi connectivity index (χ4n) is 2.23. The molecule has 0 spiro atoms. The summed E-state index contributed by atoms with van der Waals surface area (Å²) >= 11 is 0. The van der Waals surface area contributed by atoms with Gasteiger partial charge in [-0.1, -0.05) is 0 Å². The molecular weight excluding hydrogens is 198 g/mol. The molecular formula is C13H7N3. The van der Waals surface area contributed by atoms with Crippen LogP contribution in [-0.2, 0) is 0 Å². The highest BCUT2D eigenvalue weighted by Crippen LogP contribution is 2.36. The van der Waals surface area contributed by atoms with Crippen LogP contribution in [0.5, 0.6) is 0 Å². The smallest absolute Gasteiger partial charge is 0.0824 e. The zero-order valence-electron chi connectivity index (χ0n) is 8.38. The molecule has 0 amide bonds. The topological polar surface area (TPSA) is 38.1 Å². The molecule has 0 unspecified atom stereocenters. The van der Waals surface area contributed by atoms with Crippen molar-refractivity contribution in [1.82, 2.24) is 9.97 Å². The van der Waals surface area contributed by atoms with E-state index < -0.39 is 0 Å². The van der Waals surface area contributed by atoms with Gasteiger partial charge < -0.3 is 0 Å². The second-order valence-corrected chi connectivity index (χ2v) is 3.85. The zero-order chi connectivity index (χ0) is 10.5. The molecule has 1 aliphatic rings. The molecule has 0 atom stereocenters. The van der Waals surface area contributed by atoms with Gasteiger partial charge in [-0.05, 0) is 24.3 Å². The Balaban J connectivity index is 2.39. The minimum Gasteiger partial charge on any atom is -0.256 e. The first-order valence-corrected chi connectivity index (χ1v) is 5.14. The van der Waals surface area contributed by atoms with Crippen molar-refractivity contribution in [2.45, 2.75) is 0 Å².